The number of phenols is 1. The molecule has 0 radical (unpaired) electrons. The van der Waals surface area contributed by atoms with E-state index in [9.17, 15) is 13.5 Å². The molecule has 0 saturated heterocycles. The van der Waals surface area contributed by atoms with Crippen molar-refractivity contribution in [3.8, 4) is 5.75 Å². The van der Waals surface area contributed by atoms with Crippen LogP contribution in [0.2, 0.25) is 0 Å². The second-order valence-electron chi connectivity index (χ2n) is 4.60. The maximum absolute atomic E-state index is 11.7. The summed E-state index contributed by atoms with van der Waals surface area (Å²) in [6, 6.07) is 8.52. The molecule has 3 rings (SSSR count). The lowest BCUT2D eigenvalue weighted by atomic mass is 10.1. The van der Waals surface area contributed by atoms with Crippen LogP contribution < -0.4 is 9.03 Å². The number of phenolic OH excluding ortho intramolecular Hbond substituents is 1. The fourth-order valence-corrected chi connectivity index (χ4v) is 3.01. The predicted molar refractivity (Wildman–Crippen MR) is 84.9 cm³/mol. The van der Waals surface area contributed by atoms with Gasteiger partial charge < -0.3 is 5.11 Å². The van der Waals surface area contributed by atoms with Crippen LogP contribution in [0, 0.1) is 0 Å². The van der Waals surface area contributed by atoms with Crippen molar-refractivity contribution < 1.29 is 13.5 Å². The largest absolute Gasteiger partial charge is 0.506 e. The van der Waals surface area contributed by atoms with E-state index in [1.807, 2.05) is 24.3 Å². The Morgan fingerprint density at radius 1 is 1.18 bits per heavy atom. The summed E-state index contributed by atoms with van der Waals surface area (Å²) < 4.78 is 26.7. The number of aromatic nitrogens is 1. The topological polar surface area (TPSA) is 82.5 Å². The first-order valence-electron chi connectivity index (χ1n) is 6.46. The van der Waals surface area contributed by atoms with Crippen molar-refractivity contribution in [2.24, 2.45) is 0 Å². The molecule has 0 amide bonds. The summed E-state index contributed by atoms with van der Waals surface area (Å²) in [7, 11) is -3.64. The van der Waals surface area contributed by atoms with Crippen molar-refractivity contribution in [1.29, 1.82) is 0 Å². The number of pyridine rings is 1. The SMILES string of the molecule is O=S1(=O)NC=CN1c1ccc(/C=C/c2cccnc2)cc1O. The predicted octanol–water partition coefficient (Wildman–Crippen LogP) is 2.08. The highest BCUT2D eigenvalue weighted by atomic mass is 32.2. The summed E-state index contributed by atoms with van der Waals surface area (Å²) >= 11 is 0. The zero-order valence-electron chi connectivity index (χ0n) is 11.4. The number of hydrogen-bond donors (Lipinski definition) is 2. The van der Waals surface area contributed by atoms with Gasteiger partial charge in [-0.2, -0.15) is 8.42 Å². The van der Waals surface area contributed by atoms with Crippen LogP contribution in [0.25, 0.3) is 12.2 Å². The molecule has 1 aromatic carbocycles. The number of hydrogen-bond acceptors (Lipinski definition) is 4. The number of rotatable bonds is 3. The molecule has 0 spiro atoms. The number of benzene rings is 1. The normalized spacial score (nSPS) is 16.1. The fourth-order valence-electron chi connectivity index (χ4n) is 2.03. The van der Waals surface area contributed by atoms with Crippen LogP contribution in [0.1, 0.15) is 11.1 Å². The lowest BCUT2D eigenvalue weighted by Crippen LogP contribution is -2.28. The molecule has 2 N–H and O–H groups in total. The summed E-state index contributed by atoms with van der Waals surface area (Å²) in [6.07, 6.45) is 9.72. The molecular weight excluding hydrogens is 302 g/mol. The smallest absolute Gasteiger partial charge is 0.327 e. The van der Waals surface area contributed by atoms with Crippen molar-refractivity contribution in [1.82, 2.24) is 9.71 Å². The van der Waals surface area contributed by atoms with Crippen LogP contribution in [0.5, 0.6) is 5.75 Å². The van der Waals surface area contributed by atoms with E-state index in [0.717, 1.165) is 15.4 Å². The van der Waals surface area contributed by atoms with E-state index in [2.05, 4.69) is 9.71 Å². The van der Waals surface area contributed by atoms with Crippen LogP contribution in [0.4, 0.5) is 5.69 Å². The highest BCUT2D eigenvalue weighted by molar-refractivity contribution is 7.91. The summed E-state index contributed by atoms with van der Waals surface area (Å²) in [5, 5.41) is 10.1. The van der Waals surface area contributed by atoms with Crippen molar-refractivity contribution in [3.63, 3.8) is 0 Å². The molecule has 0 fully saturated rings. The molecule has 0 saturated carbocycles. The van der Waals surface area contributed by atoms with Gasteiger partial charge in [0.2, 0.25) is 0 Å². The molecule has 22 heavy (non-hydrogen) atoms. The van der Waals surface area contributed by atoms with Crippen molar-refractivity contribution >= 4 is 28.0 Å². The quantitative estimate of drug-likeness (QED) is 0.908. The molecule has 0 unspecified atom stereocenters. The Hall–Kier alpha value is -2.80. The Morgan fingerprint density at radius 2 is 2.00 bits per heavy atom. The Bertz CT molecular complexity index is 846. The average Bonchev–Trinajstić information content (AvgIpc) is 2.86. The van der Waals surface area contributed by atoms with Gasteiger partial charge in [-0.05, 0) is 29.3 Å². The second kappa shape index (κ2) is 5.53. The lowest BCUT2D eigenvalue weighted by Gasteiger charge is -2.16. The first kappa shape index (κ1) is 14.2. The lowest BCUT2D eigenvalue weighted by molar-refractivity contribution is 0.476. The van der Waals surface area contributed by atoms with Crippen LogP contribution in [-0.2, 0) is 10.2 Å². The van der Waals surface area contributed by atoms with Gasteiger partial charge in [0, 0.05) is 24.8 Å². The summed E-state index contributed by atoms with van der Waals surface area (Å²) in [6.45, 7) is 0. The van der Waals surface area contributed by atoms with Crippen LogP contribution in [-0.4, -0.2) is 18.5 Å². The fraction of sp³-hybridized carbons (Fsp3) is 0. The Morgan fingerprint density at radius 3 is 2.64 bits per heavy atom. The highest BCUT2D eigenvalue weighted by Crippen LogP contribution is 2.32. The third-order valence-corrected chi connectivity index (χ3v) is 4.35. The molecule has 0 bridgehead atoms. The standard InChI is InChI=1S/C15H13N3O3S/c19-15-10-12(3-4-13-2-1-7-16-11-13)5-6-14(15)18-9-8-17-22(18,20)21/h1-11,17,19H/b4-3+. The van der Waals surface area contributed by atoms with Gasteiger partial charge in [0.15, 0.2) is 0 Å². The van der Waals surface area contributed by atoms with Crippen LogP contribution in [0.3, 0.4) is 0 Å². The maximum atomic E-state index is 11.7. The van der Waals surface area contributed by atoms with Gasteiger partial charge in [-0.15, -0.1) is 0 Å². The molecule has 112 valence electrons. The Labute approximate surface area is 128 Å². The number of nitrogens with one attached hydrogen (secondary N) is 1. The molecular formula is C15H13N3O3S. The van der Waals surface area contributed by atoms with E-state index in [0.29, 0.717) is 0 Å². The zero-order valence-corrected chi connectivity index (χ0v) is 12.2. The Kier molecular flexibility index (Phi) is 3.56. The minimum atomic E-state index is -3.64. The maximum Gasteiger partial charge on any atom is 0.327 e. The third-order valence-electron chi connectivity index (χ3n) is 3.08. The molecule has 1 aromatic heterocycles. The zero-order chi connectivity index (χ0) is 15.6. The van der Waals surface area contributed by atoms with Crippen LogP contribution >= 0.6 is 0 Å². The number of anilines is 1. The third kappa shape index (κ3) is 2.79. The summed E-state index contributed by atoms with van der Waals surface area (Å²) in [4.78, 5) is 4.01. The molecule has 0 aliphatic carbocycles. The second-order valence-corrected chi connectivity index (χ2v) is 6.18. The number of nitrogens with zero attached hydrogens (tertiary/aromatic N) is 2. The van der Waals surface area contributed by atoms with E-state index in [1.54, 1.807) is 24.5 Å². The van der Waals surface area contributed by atoms with Crippen molar-refractivity contribution in [2.75, 3.05) is 4.31 Å². The molecule has 7 heteroatoms. The van der Waals surface area contributed by atoms with E-state index in [1.165, 1.54) is 18.5 Å². The van der Waals surface area contributed by atoms with E-state index < -0.39 is 10.2 Å². The minimum Gasteiger partial charge on any atom is -0.506 e. The van der Waals surface area contributed by atoms with Gasteiger partial charge in [0.1, 0.15) is 5.75 Å². The molecule has 1 aliphatic rings. The highest BCUT2D eigenvalue weighted by Gasteiger charge is 2.25. The monoisotopic (exact) mass is 315 g/mol. The van der Waals surface area contributed by atoms with Gasteiger partial charge in [0.25, 0.3) is 0 Å². The van der Waals surface area contributed by atoms with Gasteiger partial charge in [-0.3, -0.25) is 9.71 Å². The number of aromatic hydroxyl groups is 1. The van der Waals surface area contributed by atoms with Crippen molar-refractivity contribution in [2.45, 2.75) is 0 Å². The van der Waals surface area contributed by atoms with Gasteiger partial charge in [-0.1, -0.05) is 24.3 Å². The first-order valence-corrected chi connectivity index (χ1v) is 7.90. The van der Waals surface area contributed by atoms with E-state index in [-0.39, 0.29) is 11.4 Å². The van der Waals surface area contributed by atoms with E-state index in [4.69, 9.17) is 0 Å². The van der Waals surface area contributed by atoms with Gasteiger partial charge in [-0.25, -0.2) is 4.31 Å². The van der Waals surface area contributed by atoms with Gasteiger partial charge >= 0.3 is 10.2 Å². The Balaban J connectivity index is 1.87. The van der Waals surface area contributed by atoms with Crippen molar-refractivity contribution in [3.05, 3.63) is 66.3 Å². The molecule has 0 atom stereocenters. The summed E-state index contributed by atoms with van der Waals surface area (Å²) in [5.74, 6) is -0.120. The van der Waals surface area contributed by atoms with Crippen LogP contribution in [0.15, 0.2) is 55.1 Å². The van der Waals surface area contributed by atoms with E-state index >= 15 is 0 Å². The minimum absolute atomic E-state index is 0.120. The average molecular weight is 315 g/mol. The van der Waals surface area contributed by atoms with Gasteiger partial charge in [0.05, 0.1) is 5.69 Å². The molecule has 1 aliphatic heterocycles. The molecule has 2 heterocycles. The molecule has 6 nitrogen and oxygen atoms in total. The first-order chi connectivity index (χ1) is 10.6. The summed E-state index contributed by atoms with van der Waals surface area (Å²) in [5.41, 5.74) is 1.87. The molecule has 2 aromatic rings.